The molecule has 3 rings (SSSR count). The summed E-state index contributed by atoms with van der Waals surface area (Å²) >= 11 is 0. The van der Waals surface area contributed by atoms with E-state index in [0.29, 0.717) is 5.92 Å². The molecule has 1 aromatic rings. The van der Waals surface area contributed by atoms with Crippen molar-refractivity contribution in [1.82, 2.24) is 10.2 Å². The zero-order valence-electron chi connectivity index (χ0n) is 14.7. The molecule has 1 aliphatic heterocycles. The second-order valence-corrected chi connectivity index (χ2v) is 6.67. The molecule has 1 saturated heterocycles. The maximum atomic E-state index is 13.9. The van der Waals surface area contributed by atoms with Gasteiger partial charge in [-0.15, -0.1) is 0 Å². The van der Waals surface area contributed by atoms with Gasteiger partial charge in [-0.1, -0.05) is 18.2 Å². The van der Waals surface area contributed by atoms with E-state index in [1.54, 1.807) is 12.1 Å². The highest BCUT2D eigenvalue weighted by Gasteiger charge is 2.41. The minimum atomic E-state index is -0.0984. The van der Waals surface area contributed by atoms with Crippen molar-refractivity contribution >= 4 is 5.96 Å². The van der Waals surface area contributed by atoms with Crippen molar-refractivity contribution in [3.63, 3.8) is 0 Å². The molecule has 3 atom stereocenters. The van der Waals surface area contributed by atoms with Crippen molar-refractivity contribution in [2.24, 2.45) is 10.9 Å². The second-order valence-electron chi connectivity index (χ2n) is 6.67. The van der Waals surface area contributed by atoms with Crippen LogP contribution in [0.15, 0.2) is 29.3 Å². The van der Waals surface area contributed by atoms with E-state index in [1.165, 1.54) is 0 Å². The molecule has 0 aromatic heterocycles. The van der Waals surface area contributed by atoms with Crippen molar-refractivity contribution in [3.05, 3.63) is 35.6 Å². The van der Waals surface area contributed by atoms with Crippen molar-refractivity contribution in [2.75, 3.05) is 32.8 Å². The zero-order chi connectivity index (χ0) is 16.9. The van der Waals surface area contributed by atoms with Crippen LogP contribution in [0.4, 0.5) is 4.39 Å². The number of guanidine groups is 1. The van der Waals surface area contributed by atoms with Crippen LogP contribution in [0.3, 0.4) is 0 Å². The van der Waals surface area contributed by atoms with E-state index < -0.39 is 0 Å². The Labute approximate surface area is 144 Å². The summed E-state index contributed by atoms with van der Waals surface area (Å²) in [4.78, 5) is 6.97. The molecule has 0 radical (unpaired) electrons. The summed E-state index contributed by atoms with van der Waals surface area (Å²) < 4.78 is 19.5. The van der Waals surface area contributed by atoms with E-state index in [2.05, 4.69) is 22.1 Å². The van der Waals surface area contributed by atoms with Gasteiger partial charge in [-0.2, -0.15) is 0 Å². The third-order valence-corrected chi connectivity index (χ3v) is 4.86. The molecule has 1 N–H and O–H groups in total. The van der Waals surface area contributed by atoms with Crippen LogP contribution in [-0.2, 0) is 4.74 Å². The number of nitrogens with one attached hydrogen (secondary N) is 1. The summed E-state index contributed by atoms with van der Waals surface area (Å²) in [5.41, 5.74) is 0.821. The molecule has 0 amide bonds. The monoisotopic (exact) mass is 333 g/mol. The minimum absolute atomic E-state index is 0.0984. The van der Waals surface area contributed by atoms with Gasteiger partial charge in [-0.05, 0) is 38.3 Å². The van der Waals surface area contributed by atoms with E-state index in [4.69, 9.17) is 4.74 Å². The molecule has 0 bridgehead atoms. The van der Waals surface area contributed by atoms with Gasteiger partial charge < -0.3 is 15.0 Å². The first kappa shape index (κ1) is 17.2. The Hall–Kier alpha value is -1.62. The first-order valence-electron chi connectivity index (χ1n) is 9.11. The minimum Gasteiger partial charge on any atom is -0.381 e. The summed E-state index contributed by atoms with van der Waals surface area (Å²) in [6.45, 7) is 8.45. The normalized spacial score (nSPS) is 26.7. The highest BCUT2D eigenvalue weighted by atomic mass is 19.1. The van der Waals surface area contributed by atoms with E-state index in [1.807, 2.05) is 19.1 Å². The third-order valence-electron chi connectivity index (χ3n) is 4.86. The lowest BCUT2D eigenvalue weighted by atomic mass is 10.1. The number of nitrogens with zero attached hydrogens (tertiary/aromatic N) is 2. The van der Waals surface area contributed by atoms with Gasteiger partial charge in [0.25, 0.3) is 0 Å². The molecule has 132 valence electrons. The van der Waals surface area contributed by atoms with E-state index in [-0.39, 0.29) is 17.8 Å². The highest BCUT2D eigenvalue weighted by Crippen LogP contribution is 2.42. The standard InChI is InChI=1S/C19H28FN3O/c1-3-21-19(23-10-9-14(12-23)13-24-4-2)22-18-11-16(18)15-7-5-6-8-17(15)20/h5-8,14,16,18H,3-4,9-13H2,1-2H3,(H,21,22). The van der Waals surface area contributed by atoms with Crippen molar-refractivity contribution in [1.29, 1.82) is 0 Å². The lowest BCUT2D eigenvalue weighted by Crippen LogP contribution is -2.42. The maximum absolute atomic E-state index is 13.9. The Kier molecular flexibility index (Phi) is 5.72. The lowest BCUT2D eigenvalue weighted by molar-refractivity contribution is 0.114. The fourth-order valence-corrected chi connectivity index (χ4v) is 3.47. The molecule has 5 heteroatoms. The Morgan fingerprint density at radius 2 is 2.21 bits per heavy atom. The van der Waals surface area contributed by atoms with Gasteiger partial charge in [0.2, 0.25) is 0 Å². The number of aliphatic imine (C=N–C) groups is 1. The number of rotatable bonds is 6. The molecule has 1 heterocycles. The zero-order valence-corrected chi connectivity index (χ0v) is 14.7. The maximum Gasteiger partial charge on any atom is 0.194 e. The van der Waals surface area contributed by atoms with E-state index >= 15 is 0 Å². The Morgan fingerprint density at radius 3 is 2.96 bits per heavy atom. The predicted molar refractivity (Wildman–Crippen MR) is 94.8 cm³/mol. The second kappa shape index (κ2) is 7.97. The fraction of sp³-hybridized carbons (Fsp3) is 0.632. The van der Waals surface area contributed by atoms with E-state index in [9.17, 15) is 4.39 Å². The van der Waals surface area contributed by atoms with Gasteiger partial charge in [0, 0.05) is 44.1 Å². The van der Waals surface area contributed by atoms with Gasteiger partial charge in [0.15, 0.2) is 5.96 Å². The average molecular weight is 333 g/mol. The summed E-state index contributed by atoms with van der Waals surface area (Å²) in [7, 11) is 0. The summed E-state index contributed by atoms with van der Waals surface area (Å²) in [5.74, 6) is 1.71. The molecule has 1 aromatic carbocycles. The van der Waals surface area contributed by atoms with Crippen molar-refractivity contribution < 1.29 is 9.13 Å². The smallest absolute Gasteiger partial charge is 0.194 e. The molecular formula is C19H28FN3O. The quantitative estimate of drug-likeness (QED) is 0.642. The van der Waals surface area contributed by atoms with Crippen LogP contribution in [0.1, 0.15) is 38.2 Å². The highest BCUT2D eigenvalue weighted by molar-refractivity contribution is 5.81. The molecule has 1 aliphatic carbocycles. The number of hydrogen-bond donors (Lipinski definition) is 1. The molecule has 4 nitrogen and oxygen atoms in total. The van der Waals surface area contributed by atoms with Crippen molar-refractivity contribution in [3.8, 4) is 0 Å². The Morgan fingerprint density at radius 1 is 1.38 bits per heavy atom. The number of ether oxygens (including phenoxy) is 1. The molecule has 24 heavy (non-hydrogen) atoms. The number of benzene rings is 1. The molecular weight excluding hydrogens is 305 g/mol. The van der Waals surface area contributed by atoms with Crippen LogP contribution in [-0.4, -0.2) is 49.7 Å². The number of likely N-dealkylation sites (tertiary alicyclic amines) is 1. The Bertz CT molecular complexity index is 577. The van der Waals surface area contributed by atoms with Crippen molar-refractivity contribution in [2.45, 2.75) is 38.6 Å². The van der Waals surface area contributed by atoms with Crippen LogP contribution >= 0.6 is 0 Å². The molecule has 2 aliphatic rings. The topological polar surface area (TPSA) is 36.9 Å². The third kappa shape index (κ3) is 4.07. The van der Waals surface area contributed by atoms with Gasteiger partial charge in [0.05, 0.1) is 6.61 Å². The first-order valence-corrected chi connectivity index (χ1v) is 9.11. The van der Waals surface area contributed by atoms with Crippen LogP contribution < -0.4 is 5.32 Å². The van der Waals surface area contributed by atoms with Crippen LogP contribution in [0.5, 0.6) is 0 Å². The Balaban J connectivity index is 1.57. The first-order chi connectivity index (χ1) is 11.7. The van der Waals surface area contributed by atoms with E-state index in [0.717, 1.165) is 57.2 Å². The summed E-state index contributed by atoms with van der Waals surface area (Å²) in [5, 5.41) is 3.55. The van der Waals surface area contributed by atoms with Gasteiger partial charge in [-0.3, -0.25) is 4.99 Å². The van der Waals surface area contributed by atoms with Gasteiger partial charge in [-0.25, -0.2) is 4.39 Å². The number of hydrogen-bond acceptors (Lipinski definition) is 2. The fourth-order valence-electron chi connectivity index (χ4n) is 3.47. The largest absolute Gasteiger partial charge is 0.381 e. The number of halogens is 1. The molecule has 0 spiro atoms. The molecule has 2 fully saturated rings. The van der Waals surface area contributed by atoms with Crippen LogP contribution in [0.25, 0.3) is 0 Å². The van der Waals surface area contributed by atoms with Gasteiger partial charge >= 0.3 is 0 Å². The van der Waals surface area contributed by atoms with Crippen LogP contribution in [0, 0.1) is 11.7 Å². The predicted octanol–water partition coefficient (Wildman–Crippen LogP) is 3.01. The SMILES string of the molecule is CCN=C(NC1CC1c1ccccc1F)N1CCC(COCC)C1. The summed E-state index contributed by atoms with van der Waals surface area (Å²) in [6, 6.07) is 7.39. The van der Waals surface area contributed by atoms with Crippen LogP contribution in [0.2, 0.25) is 0 Å². The molecule has 1 saturated carbocycles. The van der Waals surface area contributed by atoms with Gasteiger partial charge in [0.1, 0.15) is 5.82 Å². The lowest BCUT2D eigenvalue weighted by Gasteiger charge is -2.22. The average Bonchev–Trinajstić information content (AvgIpc) is 3.18. The summed E-state index contributed by atoms with van der Waals surface area (Å²) in [6.07, 6.45) is 2.12. The molecule has 3 unspecified atom stereocenters.